The molecule has 2 aromatic rings. The number of anilines is 1. The molecule has 0 radical (unpaired) electrons. The van der Waals surface area contributed by atoms with Crippen molar-refractivity contribution in [1.29, 1.82) is 5.41 Å². The first kappa shape index (κ1) is 19.3. The fourth-order valence-corrected chi connectivity index (χ4v) is 2.21. The molecular formula is C18H23N5O3. The van der Waals surface area contributed by atoms with Crippen molar-refractivity contribution in [2.45, 2.75) is 13.0 Å². The van der Waals surface area contributed by atoms with E-state index in [4.69, 9.17) is 20.6 Å². The molecule has 0 aliphatic carbocycles. The number of carbonyl (C=O) groups is 1. The molecule has 0 unspecified atom stereocenters. The minimum absolute atomic E-state index is 0.124. The van der Waals surface area contributed by atoms with E-state index in [1.807, 2.05) is 36.2 Å². The molecule has 2 rings (SSSR count). The zero-order chi connectivity index (χ0) is 18.9. The quantitative estimate of drug-likeness (QED) is 0.398. The lowest BCUT2D eigenvalue weighted by Gasteiger charge is -2.16. The van der Waals surface area contributed by atoms with Crippen molar-refractivity contribution in [2.24, 2.45) is 5.73 Å². The Labute approximate surface area is 152 Å². The molecule has 0 saturated carbocycles. The Balaban J connectivity index is 2.02. The molecule has 0 amide bonds. The van der Waals surface area contributed by atoms with Crippen LogP contribution in [0.25, 0.3) is 11.1 Å². The minimum atomic E-state index is -0.519. The minimum Gasteiger partial charge on any atom is -0.460 e. The number of nitrogens with one attached hydrogen (secondary N) is 1. The number of carbonyl (C=O) groups excluding carboxylic acids is 1. The number of nitrogens with two attached hydrogens (primary N) is 1. The van der Waals surface area contributed by atoms with E-state index in [1.54, 1.807) is 19.5 Å². The van der Waals surface area contributed by atoms with E-state index in [2.05, 4.69) is 9.97 Å². The zero-order valence-electron chi connectivity index (χ0n) is 14.9. The average Bonchev–Trinajstić information content (AvgIpc) is 2.64. The van der Waals surface area contributed by atoms with Crippen molar-refractivity contribution in [3.63, 3.8) is 0 Å². The predicted octanol–water partition coefficient (Wildman–Crippen LogP) is 1.60. The normalized spacial score (nSPS) is 10.4. The fourth-order valence-electron chi connectivity index (χ4n) is 2.21. The van der Waals surface area contributed by atoms with E-state index in [0.717, 1.165) is 16.7 Å². The van der Waals surface area contributed by atoms with Gasteiger partial charge in [-0.1, -0.05) is 18.2 Å². The summed E-state index contributed by atoms with van der Waals surface area (Å²) in [5, 5.41) is 7.09. The van der Waals surface area contributed by atoms with E-state index in [1.165, 1.54) is 0 Å². The molecule has 26 heavy (non-hydrogen) atoms. The second-order valence-electron chi connectivity index (χ2n) is 5.75. The van der Waals surface area contributed by atoms with Gasteiger partial charge in [0.25, 0.3) is 0 Å². The number of aromatic nitrogens is 2. The number of methoxy groups -OCH3 is 1. The number of amidine groups is 1. The van der Waals surface area contributed by atoms with Gasteiger partial charge in [0.05, 0.1) is 6.61 Å². The van der Waals surface area contributed by atoms with Crippen molar-refractivity contribution in [1.82, 2.24) is 9.97 Å². The number of likely N-dealkylation sites (N-methyl/N-ethyl adjacent to an activating group) is 1. The van der Waals surface area contributed by atoms with Crippen LogP contribution in [-0.2, 0) is 20.9 Å². The van der Waals surface area contributed by atoms with Gasteiger partial charge in [0.15, 0.2) is 0 Å². The van der Waals surface area contributed by atoms with Crippen LogP contribution in [0.4, 0.5) is 5.95 Å². The van der Waals surface area contributed by atoms with Crippen LogP contribution in [-0.4, -0.2) is 49.1 Å². The van der Waals surface area contributed by atoms with E-state index in [9.17, 15) is 4.79 Å². The summed E-state index contributed by atoms with van der Waals surface area (Å²) in [6, 6.07) is 7.59. The van der Waals surface area contributed by atoms with Crippen LogP contribution in [0.15, 0.2) is 36.7 Å². The van der Waals surface area contributed by atoms with Gasteiger partial charge in [-0.05, 0) is 17.2 Å². The summed E-state index contributed by atoms with van der Waals surface area (Å²) in [4.78, 5) is 22.2. The van der Waals surface area contributed by atoms with Gasteiger partial charge < -0.3 is 20.1 Å². The smallest absolute Gasteiger partial charge is 0.313 e. The first-order valence-corrected chi connectivity index (χ1v) is 8.09. The molecule has 0 aliphatic heterocycles. The van der Waals surface area contributed by atoms with Crippen LogP contribution in [0.1, 0.15) is 12.0 Å². The zero-order valence-corrected chi connectivity index (χ0v) is 14.9. The Morgan fingerprint density at radius 1 is 1.27 bits per heavy atom. The molecule has 0 saturated heterocycles. The number of hydrogen-bond donors (Lipinski definition) is 2. The number of nitrogens with zero attached hydrogens (tertiary/aromatic N) is 3. The molecule has 1 heterocycles. The lowest BCUT2D eigenvalue weighted by atomic mass is 10.1. The van der Waals surface area contributed by atoms with Crippen molar-refractivity contribution in [2.75, 3.05) is 32.2 Å². The average molecular weight is 357 g/mol. The highest BCUT2D eigenvalue weighted by Gasteiger charge is 2.08. The number of esters is 1. The molecule has 8 nitrogen and oxygen atoms in total. The molecule has 138 valence electrons. The Bertz CT molecular complexity index is 749. The van der Waals surface area contributed by atoms with Gasteiger partial charge in [0.2, 0.25) is 5.95 Å². The molecular weight excluding hydrogens is 334 g/mol. The summed E-state index contributed by atoms with van der Waals surface area (Å²) in [6.07, 6.45) is 3.31. The highest BCUT2D eigenvalue weighted by molar-refractivity contribution is 5.94. The van der Waals surface area contributed by atoms with Gasteiger partial charge in [0, 0.05) is 38.7 Å². The molecule has 0 fully saturated rings. The first-order chi connectivity index (χ1) is 12.5. The highest BCUT2D eigenvalue weighted by Crippen LogP contribution is 2.20. The van der Waals surface area contributed by atoms with Crippen molar-refractivity contribution < 1.29 is 14.3 Å². The lowest BCUT2D eigenvalue weighted by Crippen LogP contribution is -2.23. The number of benzene rings is 1. The van der Waals surface area contributed by atoms with Gasteiger partial charge in [-0.25, -0.2) is 9.97 Å². The SMILES string of the molecule is COCCN(C)c1ncc(-c2cccc(COC(=O)CC(=N)N)c2)cn1. The van der Waals surface area contributed by atoms with Gasteiger partial charge in [0.1, 0.15) is 18.9 Å². The molecule has 0 spiro atoms. The third-order valence-electron chi connectivity index (χ3n) is 3.61. The van der Waals surface area contributed by atoms with Crippen molar-refractivity contribution in [3.8, 4) is 11.1 Å². The van der Waals surface area contributed by atoms with Crippen LogP contribution in [0.3, 0.4) is 0 Å². The van der Waals surface area contributed by atoms with Gasteiger partial charge >= 0.3 is 5.97 Å². The van der Waals surface area contributed by atoms with E-state index >= 15 is 0 Å². The number of rotatable bonds is 9. The van der Waals surface area contributed by atoms with Gasteiger partial charge in [-0.3, -0.25) is 10.2 Å². The Morgan fingerprint density at radius 3 is 2.65 bits per heavy atom. The van der Waals surface area contributed by atoms with E-state index in [-0.39, 0.29) is 18.9 Å². The fraction of sp³-hybridized carbons (Fsp3) is 0.333. The largest absolute Gasteiger partial charge is 0.460 e. The summed E-state index contributed by atoms with van der Waals surface area (Å²) in [6.45, 7) is 1.43. The van der Waals surface area contributed by atoms with Crippen LogP contribution < -0.4 is 10.6 Å². The highest BCUT2D eigenvalue weighted by atomic mass is 16.5. The summed E-state index contributed by atoms with van der Waals surface area (Å²) in [5.41, 5.74) is 7.81. The first-order valence-electron chi connectivity index (χ1n) is 8.09. The molecule has 8 heteroatoms. The molecule has 1 aromatic heterocycles. The Morgan fingerprint density at radius 2 is 2.00 bits per heavy atom. The van der Waals surface area contributed by atoms with Gasteiger partial charge in [-0.2, -0.15) is 0 Å². The molecule has 0 bridgehead atoms. The monoisotopic (exact) mass is 357 g/mol. The van der Waals surface area contributed by atoms with Crippen LogP contribution in [0.2, 0.25) is 0 Å². The summed E-state index contributed by atoms with van der Waals surface area (Å²) < 4.78 is 10.2. The van der Waals surface area contributed by atoms with Crippen LogP contribution in [0.5, 0.6) is 0 Å². The third kappa shape index (κ3) is 5.82. The summed E-state index contributed by atoms with van der Waals surface area (Å²) in [5.74, 6) is -0.105. The lowest BCUT2D eigenvalue weighted by molar-refractivity contribution is -0.143. The molecule has 0 atom stereocenters. The second-order valence-corrected chi connectivity index (χ2v) is 5.75. The van der Waals surface area contributed by atoms with Gasteiger partial charge in [-0.15, -0.1) is 0 Å². The third-order valence-corrected chi connectivity index (χ3v) is 3.61. The molecule has 0 aliphatic rings. The Hall–Kier alpha value is -3.00. The second kappa shape index (κ2) is 9.47. The topological polar surface area (TPSA) is 114 Å². The molecule has 1 aromatic carbocycles. The predicted molar refractivity (Wildman–Crippen MR) is 98.9 cm³/mol. The number of ether oxygens (including phenoxy) is 2. The standard InChI is InChI=1S/C18H23N5O3/c1-23(6-7-25-2)18-21-10-15(11-22-18)14-5-3-4-13(8-14)12-26-17(24)9-16(19)20/h3-5,8,10-11H,6-7,9,12H2,1-2H3,(H3,19,20). The maximum absolute atomic E-state index is 11.5. The maximum atomic E-state index is 11.5. The van der Waals surface area contributed by atoms with Crippen molar-refractivity contribution >= 4 is 17.8 Å². The number of hydrogen-bond acceptors (Lipinski definition) is 7. The van der Waals surface area contributed by atoms with E-state index in [0.29, 0.717) is 19.1 Å². The Kier molecular flexibility index (Phi) is 7.04. The van der Waals surface area contributed by atoms with Crippen LogP contribution in [0, 0.1) is 5.41 Å². The molecule has 3 N–H and O–H groups in total. The maximum Gasteiger partial charge on any atom is 0.313 e. The van der Waals surface area contributed by atoms with Crippen LogP contribution >= 0.6 is 0 Å². The van der Waals surface area contributed by atoms with Crippen molar-refractivity contribution in [3.05, 3.63) is 42.2 Å². The summed E-state index contributed by atoms with van der Waals surface area (Å²) >= 11 is 0. The summed E-state index contributed by atoms with van der Waals surface area (Å²) in [7, 11) is 3.56. The van der Waals surface area contributed by atoms with E-state index < -0.39 is 5.97 Å².